The van der Waals surface area contributed by atoms with Crippen molar-refractivity contribution in [2.24, 2.45) is 5.92 Å². The van der Waals surface area contributed by atoms with Crippen LogP contribution in [-0.2, 0) is 38.1 Å². The van der Waals surface area contributed by atoms with E-state index in [-0.39, 0.29) is 30.5 Å². The van der Waals surface area contributed by atoms with Crippen LogP contribution >= 0.6 is 0 Å². The highest BCUT2D eigenvalue weighted by Gasteiger charge is 2.40. The second-order valence-corrected chi connectivity index (χ2v) is 10.5. The molecule has 13 heteroatoms. The Bertz CT molecular complexity index is 1290. The van der Waals surface area contributed by atoms with Crippen molar-refractivity contribution >= 4 is 24.3 Å². The molecule has 0 aliphatic carbocycles. The van der Waals surface area contributed by atoms with Crippen LogP contribution < -0.4 is 10.6 Å². The van der Waals surface area contributed by atoms with E-state index in [1.165, 1.54) is 35.2 Å². The van der Waals surface area contributed by atoms with Gasteiger partial charge in [0.15, 0.2) is 0 Å². The minimum atomic E-state index is -0.508. The number of likely N-dealkylation sites (tertiary alicyclic amines) is 1. The largest absolute Gasteiger partial charge is 0.377 e. The Labute approximate surface area is 274 Å². The van der Waals surface area contributed by atoms with E-state index in [9.17, 15) is 24.0 Å². The summed E-state index contributed by atoms with van der Waals surface area (Å²) in [4.78, 5) is 38.2. The van der Waals surface area contributed by atoms with Gasteiger partial charge in [-0.3, -0.25) is 14.4 Å². The van der Waals surface area contributed by atoms with Gasteiger partial charge in [0.05, 0.1) is 72.0 Å². The third-order valence-corrected chi connectivity index (χ3v) is 7.21. The summed E-state index contributed by atoms with van der Waals surface area (Å²) in [6, 6.07) is 17.0. The molecule has 1 fully saturated rings. The minimum Gasteiger partial charge on any atom is -0.377 e. The highest BCUT2D eigenvalue weighted by molar-refractivity contribution is 6.02. The second kappa shape index (κ2) is 22.4. The molecule has 2 aromatic rings. The van der Waals surface area contributed by atoms with Crippen molar-refractivity contribution in [1.82, 2.24) is 15.5 Å². The van der Waals surface area contributed by atoms with Crippen molar-refractivity contribution in [2.75, 3.05) is 92.2 Å². The van der Waals surface area contributed by atoms with Crippen molar-refractivity contribution < 1.29 is 42.5 Å². The smallest absolute Gasteiger partial charge is 0.264 e. The molecule has 1 saturated heterocycles. The van der Waals surface area contributed by atoms with E-state index < -0.39 is 17.6 Å². The Kier molecular flexibility index (Phi) is 17.7. The van der Waals surface area contributed by atoms with E-state index in [0.29, 0.717) is 91.1 Å². The standard InChI is InChI=1S/C34H43FN4O8/c35-30-8-6-27(7-9-30)22-29(23-36)34(42)39-24-31(28-4-2-1-3-5-28)32(25-39)33(41)38-11-13-44-15-17-46-19-21-47-20-18-45-16-14-43-12-10-37-26-40/h1-9,22,26,31-32H,10-21,24-25H2,(H,37,40)(H,38,41)/b29-22+/t31-,32+/m0/s1. The molecule has 2 N–H and O–H groups in total. The number of nitrogens with zero attached hydrogens (tertiary/aromatic N) is 2. The van der Waals surface area contributed by atoms with Crippen molar-refractivity contribution in [2.45, 2.75) is 5.92 Å². The molecule has 0 unspecified atom stereocenters. The van der Waals surface area contributed by atoms with Gasteiger partial charge in [0.2, 0.25) is 12.3 Å². The van der Waals surface area contributed by atoms with Crippen LogP contribution in [0.4, 0.5) is 4.39 Å². The van der Waals surface area contributed by atoms with Crippen LogP contribution in [0.1, 0.15) is 17.0 Å². The first kappa shape index (κ1) is 37.3. The first-order valence-electron chi connectivity index (χ1n) is 15.6. The van der Waals surface area contributed by atoms with E-state index >= 15 is 0 Å². The molecule has 47 heavy (non-hydrogen) atoms. The monoisotopic (exact) mass is 654 g/mol. The summed E-state index contributed by atoms with van der Waals surface area (Å²) in [5.41, 5.74) is 1.38. The van der Waals surface area contributed by atoms with Crippen LogP contribution in [-0.4, -0.2) is 115 Å². The zero-order valence-electron chi connectivity index (χ0n) is 26.4. The molecule has 2 aromatic carbocycles. The van der Waals surface area contributed by atoms with Crippen LogP contribution in [0.25, 0.3) is 6.08 Å². The van der Waals surface area contributed by atoms with Crippen LogP contribution in [0.5, 0.6) is 0 Å². The average molecular weight is 655 g/mol. The molecule has 254 valence electrons. The predicted octanol–water partition coefficient (Wildman–Crippen LogP) is 1.92. The molecule has 1 aliphatic heterocycles. The van der Waals surface area contributed by atoms with Crippen LogP contribution in [0.3, 0.4) is 0 Å². The maximum atomic E-state index is 13.3. The summed E-state index contributed by atoms with van der Waals surface area (Å²) < 4.78 is 40.5. The van der Waals surface area contributed by atoms with Crippen molar-refractivity contribution in [3.8, 4) is 6.07 Å². The number of carbonyl (C=O) groups is 3. The fourth-order valence-electron chi connectivity index (χ4n) is 4.86. The maximum absolute atomic E-state index is 13.3. The highest BCUT2D eigenvalue weighted by atomic mass is 19.1. The Morgan fingerprint density at radius 3 is 1.91 bits per heavy atom. The SMILES string of the molecule is N#C/C(=C\c1ccc(F)cc1)C(=O)N1C[C@@H](C(=O)NCCOCCOCCOCCOCCOCCNC=O)[C@H](c2ccccc2)C1. The molecule has 12 nitrogen and oxygen atoms in total. The van der Waals surface area contributed by atoms with E-state index in [0.717, 1.165) is 5.56 Å². The van der Waals surface area contributed by atoms with Gasteiger partial charge in [-0.1, -0.05) is 42.5 Å². The van der Waals surface area contributed by atoms with E-state index in [4.69, 9.17) is 23.7 Å². The lowest BCUT2D eigenvalue weighted by atomic mass is 9.88. The van der Waals surface area contributed by atoms with Gasteiger partial charge in [-0.05, 0) is 29.3 Å². The number of hydrogen-bond donors (Lipinski definition) is 2. The summed E-state index contributed by atoms with van der Waals surface area (Å²) in [6.45, 7) is 5.31. The summed E-state index contributed by atoms with van der Waals surface area (Å²) >= 11 is 0. The number of carbonyl (C=O) groups excluding carboxylic acids is 3. The summed E-state index contributed by atoms with van der Waals surface area (Å²) in [5, 5.41) is 15.1. The number of nitriles is 1. The van der Waals surface area contributed by atoms with Crippen LogP contribution in [0, 0.1) is 23.1 Å². The Morgan fingerprint density at radius 2 is 1.36 bits per heavy atom. The second-order valence-electron chi connectivity index (χ2n) is 10.5. The van der Waals surface area contributed by atoms with Gasteiger partial charge < -0.3 is 39.2 Å². The molecule has 0 aromatic heterocycles. The summed E-state index contributed by atoms with van der Waals surface area (Å²) in [5.74, 6) is -1.84. The Hall–Kier alpha value is -4.19. The van der Waals surface area contributed by atoms with Gasteiger partial charge in [0.25, 0.3) is 5.91 Å². The van der Waals surface area contributed by atoms with Crippen LogP contribution in [0.2, 0.25) is 0 Å². The van der Waals surface area contributed by atoms with Gasteiger partial charge in [-0.2, -0.15) is 5.26 Å². The quantitative estimate of drug-likeness (QED) is 0.0794. The Morgan fingerprint density at radius 1 is 0.809 bits per heavy atom. The predicted molar refractivity (Wildman–Crippen MR) is 170 cm³/mol. The van der Waals surface area contributed by atoms with Crippen molar-refractivity contribution in [1.29, 1.82) is 5.26 Å². The molecule has 0 radical (unpaired) electrons. The van der Waals surface area contributed by atoms with Gasteiger partial charge in [0.1, 0.15) is 17.5 Å². The fraction of sp³-hybridized carbons (Fsp3) is 0.471. The number of benzene rings is 2. The third-order valence-electron chi connectivity index (χ3n) is 7.21. The fourth-order valence-corrected chi connectivity index (χ4v) is 4.86. The highest BCUT2D eigenvalue weighted by Crippen LogP contribution is 2.33. The number of halogens is 1. The zero-order valence-corrected chi connectivity index (χ0v) is 26.4. The van der Waals surface area contributed by atoms with E-state index in [1.807, 2.05) is 36.4 Å². The van der Waals surface area contributed by atoms with Crippen molar-refractivity contribution in [3.05, 3.63) is 77.1 Å². The van der Waals surface area contributed by atoms with Gasteiger partial charge >= 0.3 is 0 Å². The topological polar surface area (TPSA) is 148 Å². The summed E-state index contributed by atoms with van der Waals surface area (Å²) in [7, 11) is 0. The first-order chi connectivity index (χ1) is 23.0. The molecular formula is C34H43FN4O8. The maximum Gasteiger partial charge on any atom is 0.264 e. The number of hydrogen-bond acceptors (Lipinski definition) is 9. The molecule has 3 amide bonds. The number of rotatable bonds is 23. The summed E-state index contributed by atoms with van der Waals surface area (Å²) in [6.07, 6.45) is 2.06. The number of ether oxygens (including phenoxy) is 5. The van der Waals surface area contributed by atoms with Gasteiger partial charge in [-0.25, -0.2) is 4.39 Å². The lowest BCUT2D eigenvalue weighted by Crippen LogP contribution is -2.37. The molecule has 1 aliphatic rings. The minimum absolute atomic E-state index is 0.0833. The molecule has 0 saturated carbocycles. The lowest BCUT2D eigenvalue weighted by molar-refractivity contribution is -0.127. The molecule has 2 atom stereocenters. The normalized spacial score (nSPS) is 16.1. The van der Waals surface area contributed by atoms with Crippen LogP contribution in [0.15, 0.2) is 60.2 Å². The molecule has 3 rings (SSSR count). The molecule has 0 bridgehead atoms. The van der Waals surface area contributed by atoms with Gasteiger partial charge in [0, 0.05) is 32.1 Å². The lowest BCUT2D eigenvalue weighted by Gasteiger charge is -2.18. The number of amides is 3. The number of nitrogens with one attached hydrogen (secondary N) is 2. The third kappa shape index (κ3) is 14.0. The molecular weight excluding hydrogens is 611 g/mol. The zero-order chi connectivity index (χ0) is 33.5. The van der Waals surface area contributed by atoms with Crippen molar-refractivity contribution in [3.63, 3.8) is 0 Å². The average Bonchev–Trinajstić information content (AvgIpc) is 3.55. The Balaban J connectivity index is 1.31. The molecule has 1 heterocycles. The van der Waals surface area contributed by atoms with Gasteiger partial charge in [-0.15, -0.1) is 0 Å². The van der Waals surface area contributed by atoms with E-state index in [2.05, 4.69) is 10.6 Å². The van der Waals surface area contributed by atoms with E-state index in [1.54, 1.807) is 0 Å². The molecule has 0 spiro atoms. The first-order valence-corrected chi connectivity index (χ1v) is 15.6.